The van der Waals surface area contributed by atoms with E-state index >= 15 is 0 Å². The monoisotopic (exact) mass is 393 g/mol. The molecule has 0 aliphatic rings. The molecule has 154 valence electrons. The highest BCUT2D eigenvalue weighted by molar-refractivity contribution is 5.63. The van der Waals surface area contributed by atoms with Crippen molar-refractivity contribution in [3.05, 3.63) is 65.5 Å². The van der Waals surface area contributed by atoms with Gasteiger partial charge in [-0.05, 0) is 35.1 Å². The van der Waals surface area contributed by atoms with Crippen LogP contribution in [0.4, 0.5) is 0 Å². The highest BCUT2D eigenvalue weighted by Crippen LogP contribution is 2.41. The molecule has 3 rings (SSSR count). The van der Waals surface area contributed by atoms with Gasteiger partial charge >= 0.3 is 0 Å². The van der Waals surface area contributed by atoms with Crippen molar-refractivity contribution >= 4 is 0 Å². The van der Waals surface area contributed by atoms with Crippen LogP contribution in [0.1, 0.15) is 58.4 Å². The van der Waals surface area contributed by atoms with Crippen molar-refractivity contribution < 1.29 is 14.3 Å². The van der Waals surface area contributed by atoms with Crippen molar-refractivity contribution in [2.24, 2.45) is 0 Å². The van der Waals surface area contributed by atoms with E-state index < -0.39 is 0 Å². The molecule has 4 nitrogen and oxygen atoms in total. The van der Waals surface area contributed by atoms with Gasteiger partial charge in [0.2, 0.25) is 5.89 Å². The van der Waals surface area contributed by atoms with Gasteiger partial charge in [0.25, 0.3) is 0 Å². The first kappa shape index (κ1) is 21.0. The summed E-state index contributed by atoms with van der Waals surface area (Å²) in [6, 6.07) is 13.7. The molecule has 4 heteroatoms. The SMILES string of the molecule is CC(C)(C)c1cc(-c2nc(CCOc3ccccc3)co2)cc(C(C)(C)C)c1O. The highest BCUT2D eigenvalue weighted by atomic mass is 16.5. The molecule has 0 aliphatic heterocycles. The lowest BCUT2D eigenvalue weighted by Gasteiger charge is -2.27. The summed E-state index contributed by atoms with van der Waals surface area (Å²) in [5.74, 6) is 1.77. The molecule has 0 unspecified atom stereocenters. The van der Waals surface area contributed by atoms with Crippen molar-refractivity contribution in [2.45, 2.75) is 58.8 Å². The number of ether oxygens (including phenoxy) is 1. The second-order valence-corrected chi connectivity index (χ2v) is 9.48. The fourth-order valence-corrected chi connectivity index (χ4v) is 3.25. The first-order valence-corrected chi connectivity index (χ1v) is 10.1. The van der Waals surface area contributed by atoms with Crippen LogP contribution in [0.2, 0.25) is 0 Å². The zero-order chi connectivity index (χ0) is 21.2. The van der Waals surface area contributed by atoms with E-state index in [9.17, 15) is 5.11 Å². The molecule has 0 spiro atoms. The molecule has 0 bridgehead atoms. The summed E-state index contributed by atoms with van der Waals surface area (Å²) in [7, 11) is 0. The Morgan fingerprint density at radius 2 is 1.52 bits per heavy atom. The largest absolute Gasteiger partial charge is 0.507 e. The van der Waals surface area contributed by atoms with Crippen LogP contribution in [-0.2, 0) is 17.3 Å². The molecule has 1 heterocycles. The Labute approximate surface area is 173 Å². The van der Waals surface area contributed by atoms with Crippen LogP contribution in [0.3, 0.4) is 0 Å². The van der Waals surface area contributed by atoms with Crippen LogP contribution in [0.15, 0.2) is 53.1 Å². The predicted molar refractivity (Wildman–Crippen MR) is 117 cm³/mol. The number of hydrogen-bond acceptors (Lipinski definition) is 4. The summed E-state index contributed by atoms with van der Waals surface area (Å²) >= 11 is 0. The van der Waals surface area contributed by atoms with Crippen molar-refractivity contribution in [1.29, 1.82) is 0 Å². The topological polar surface area (TPSA) is 55.5 Å². The number of benzene rings is 2. The van der Waals surface area contributed by atoms with E-state index in [0.717, 1.165) is 28.1 Å². The quantitative estimate of drug-likeness (QED) is 0.555. The second-order valence-electron chi connectivity index (χ2n) is 9.48. The van der Waals surface area contributed by atoms with Crippen molar-refractivity contribution in [1.82, 2.24) is 4.98 Å². The number of phenolic OH excluding ortho intramolecular Hbond substituents is 1. The molecule has 3 aromatic rings. The van der Waals surface area contributed by atoms with Crippen LogP contribution in [-0.4, -0.2) is 16.7 Å². The molecular formula is C25H31NO3. The summed E-state index contributed by atoms with van der Waals surface area (Å²) < 4.78 is 11.5. The molecule has 0 aliphatic carbocycles. The normalized spacial score (nSPS) is 12.2. The number of phenols is 1. The van der Waals surface area contributed by atoms with E-state index in [0.29, 0.717) is 24.7 Å². The molecule has 1 N–H and O–H groups in total. The summed E-state index contributed by atoms with van der Waals surface area (Å²) in [4.78, 5) is 4.66. The zero-order valence-corrected chi connectivity index (χ0v) is 18.2. The fourth-order valence-electron chi connectivity index (χ4n) is 3.25. The lowest BCUT2D eigenvalue weighted by molar-refractivity contribution is 0.320. The summed E-state index contributed by atoms with van der Waals surface area (Å²) in [5, 5.41) is 10.9. The van der Waals surface area contributed by atoms with Gasteiger partial charge < -0.3 is 14.3 Å². The van der Waals surface area contributed by atoms with Gasteiger partial charge in [0.1, 0.15) is 17.8 Å². The Kier molecular flexibility index (Phi) is 5.74. The minimum atomic E-state index is -0.195. The number of oxazole rings is 1. The molecule has 0 atom stereocenters. The lowest BCUT2D eigenvalue weighted by atomic mass is 9.78. The van der Waals surface area contributed by atoms with Crippen LogP contribution in [0.25, 0.3) is 11.5 Å². The van der Waals surface area contributed by atoms with Gasteiger partial charge in [-0.15, -0.1) is 0 Å². The second kappa shape index (κ2) is 7.94. The minimum absolute atomic E-state index is 0.195. The Morgan fingerprint density at radius 3 is 2.07 bits per heavy atom. The van der Waals surface area contributed by atoms with Gasteiger partial charge in [-0.3, -0.25) is 0 Å². The Balaban J connectivity index is 1.85. The maximum atomic E-state index is 10.9. The Bertz CT molecular complexity index is 925. The number of nitrogens with zero attached hydrogens (tertiary/aromatic N) is 1. The van der Waals surface area contributed by atoms with E-state index in [1.807, 2.05) is 42.5 Å². The van der Waals surface area contributed by atoms with E-state index in [4.69, 9.17) is 9.15 Å². The third-order valence-electron chi connectivity index (χ3n) is 4.89. The molecule has 0 amide bonds. The number of para-hydroxylation sites is 1. The molecule has 2 aromatic carbocycles. The third-order valence-corrected chi connectivity index (χ3v) is 4.89. The maximum Gasteiger partial charge on any atom is 0.226 e. The first-order chi connectivity index (χ1) is 13.6. The van der Waals surface area contributed by atoms with Crippen LogP contribution in [0, 0.1) is 0 Å². The number of aromatic hydroxyl groups is 1. The van der Waals surface area contributed by atoms with Crippen molar-refractivity contribution in [3.63, 3.8) is 0 Å². The third kappa shape index (κ3) is 5.00. The van der Waals surface area contributed by atoms with Gasteiger partial charge in [-0.25, -0.2) is 4.98 Å². The molecular weight excluding hydrogens is 362 g/mol. The van der Waals surface area contributed by atoms with E-state index in [2.05, 4.69) is 46.5 Å². The van der Waals surface area contributed by atoms with E-state index in [1.165, 1.54) is 0 Å². The number of rotatable bonds is 5. The molecule has 0 fully saturated rings. The summed E-state index contributed by atoms with van der Waals surface area (Å²) in [6.07, 6.45) is 2.35. The zero-order valence-electron chi connectivity index (χ0n) is 18.2. The Morgan fingerprint density at radius 1 is 0.931 bits per heavy atom. The molecule has 0 saturated carbocycles. The maximum absolute atomic E-state index is 10.9. The van der Waals surface area contributed by atoms with E-state index in [-0.39, 0.29) is 10.8 Å². The number of hydrogen-bond donors (Lipinski definition) is 1. The fraction of sp³-hybridized carbons (Fsp3) is 0.400. The summed E-state index contributed by atoms with van der Waals surface area (Å²) in [5.41, 5.74) is 3.13. The Hall–Kier alpha value is -2.75. The summed E-state index contributed by atoms with van der Waals surface area (Å²) in [6.45, 7) is 13.1. The van der Waals surface area contributed by atoms with Crippen LogP contribution in [0.5, 0.6) is 11.5 Å². The highest BCUT2D eigenvalue weighted by Gasteiger charge is 2.27. The predicted octanol–water partition coefficient (Wildman–Crippen LogP) is 6.26. The smallest absolute Gasteiger partial charge is 0.226 e. The van der Waals surface area contributed by atoms with Crippen molar-refractivity contribution in [2.75, 3.05) is 6.61 Å². The van der Waals surface area contributed by atoms with Gasteiger partial charge in [-0.2, -0.15) is 0 Å². The standard InChI is InChI=1S/C25H31NO3/c1-24(2,3)20-14-17(15-21(22(20)27)25(4,5)6)23-26-18(16-29-23)12-13-28-19-10-8-7-9-11-19/h7-11,14-16,27H,12-13H2,1-6H3. The van der Waals surface area contributed by atoms with Gasteiger partial charge in [-0.1, -0.05) is 59.7 Å². The van der Waals surface area contributed by atoms with Crippen molar-refractivity contribution in [3.8, 4) is 23.0 Å². The van der Waals surface area contributed by atoms with Crippen LogP contribution < -0.4 is 4.74 Å². The van der Waals surface area contributed by atoms with Gasteiger partial charge in [0, 0.05) is 23.1 Å². The lowest BCUT2D eigenvalue weighted by Crippen LogP contribution is -2.17. The van der Waals surface area contributed by atoms with Gasteiger partial charge in [0.05, 0.1) is 12.3 Å². The average Bonchev–Trinajstić information content (AvgIpc) is 3.10. The molecule has 0 radical (unpaired) electrons. The van der Waals surface area contributed by atoms with E-state index in [1.54, 1.807) is 6.26 Å². The van der Waals surface area contributed by atoms with Gasteiger partial charge in [0.15, 0.2) is 0 Å². The number of aromatic nitrogens is 1. The minimum Gasteiger partial charge on any atom is -0.507 e. The first-order valence-electron chi connectivity index (χ1n) is 10.1. The molecule has 1 aromatic heterocycles. The van der Waals surface area contributed by atoms with Crippen LogP contribution >= 0.6 is 0 Å². The molecule has 0 saturated heterocycles. The average molecular weight is 394 g/mol. The molecule has 29 heavy (non-hydrogen) atoms.